The summed E-state index contributed by atoms with van der Waals surface area (Å²) in [4.78, 5) is 52.2. The number of hydrogen-bond donors (Lipinski definition) is 1. The number of allylic oxidation sites excluding steroid dienone is 3. The van der Waals surface area contributed by atoms with Gasteiger partial charge in [-0.15, -0.1) is 23.2 Å². The molecule has 1 N–H and O–H groups in total. The fourth-order valence-electron chi connectivity index (χ4n) is 6.72. The van der Waals surface area contributed by atoms with Crippen molar-refractivity contribution in [1.82, 2.24) is 9.80 Å². The molecule has 0 aromatic heterocycles. The summed E-state index contributed by atoms with van der Waals surface area (Å²) >= 11 is 14.2. The summed E-state index contributed by atoms with van der Waals surface area (Å²) in [6, 6.07) is 3.18. The van der Waals surface area contributed by atoms with E-state index in [4.69, 9.17) is 32.7 Å². The zero-order valence-corrected chi connectivity index (χ0v) is 23.6. The number of benzene rings is 1. The Kier molecular flexibility index (Phi) is 6.74. The number of phenolic OH excluding ortho intramolecular Hbond substituents is 1. The molecule has 0 spiro atoms. The lowest BCUT2D eigenvalue weighted by atomic mass is 9.57. The molecular formula is C28H30Cl2N2O7. The van der Waals surface area contributed by atoms with E-state index in [9.17, 15) is 24.3 Å². The predicted octanol–water partition coefficient (Wildman–Crippen LogP) is 3.35. The summed E-state index contributed by atoms with van der Waals surface area (Å²) in [7, 11) is 4.17. The van der Waals surface area contributed by atoms with Gasteiger partial charge in [-0.25, -0.2) is 0 Å². The maximum absolute atomic E-state index is 13.5. The molecule has 3 fully saturated rings. The van der Waals surface area contributed by atoms with Gasteiger partial charge in [0.15, 0.2) is 21.2 Å². The van der Waals surface area contributed by atoms with Crippen LogP contribution < -0.4 is 9.47 Å². The number of rotatable bonds is 6. The molecule has 0 bridgehead atoms. The number of hydrogen-bond acceptors (Lipinski definition) is 7. The molecule has 208 valence electrons. The van der Waals surface area contributed by atoms with Gasteiger partial charge in [0.25, 0.3) is 11.8 Å². The fraction of sp³-hybridized carbons (Fsp3) is 0.500. The molecule has 2 saturated heterocycles. The molecule has 39 heavy (non-hydrogen) atoms. The number of likely N-dealkylation sites (tertiary alicyclic amines) is 2. The van der Waals surface area contributed by atoms with Crippen LogP contribution in [0.15, 0.2) is 29.9 Å². The Hall–Kier alpha value is -3.04. The van der Waals surface area contributed by atoms with Gasteiger partial charge in [-0.1, -0.05) is 30.7 Å². The van der Waals surface area contributed by atoms with Gasteiger partial charge < -0.3 is 14.6 Å². The molecule has 1 aromatic carbocycles. The number of phenols is 1. The zero-order chi connectivity index (χ0) is 28.4. The molecule has 2 heterocycles. The maximum atomic E-state index is 13.5. The van der Waals surface area contributed by atoms with Gasteiger partial charge >= 0.3 is 0 Å². The van der Waals surface area contributed by atoms with Crippen molar-refractivity contribution in [2.75, 3.05) is 27.8 Å². The highest BCUT2D eigenvalue weighted by Gasteiger charge is 2.75. The Labute approximate surface area is 236 Å². The SMILES string of the molecule is CCCN1C(=O)[C@H]2[C@H](CC=C3[C@H]2C[C@@]2(Cl)C(=O)N(C)C(=O)[C@@]2(Cl)[C@H]3C=Cc2cc(OC)c(O)c(OC)c2)C1=O. The van der Waals surface area contributed by atoms with Gasteiger partial charge in [-0.3, -0.25) is 29.0 Å². The quantitative estimate of drug-likeness (QED) is 0.314. The van der Waals surface area contributed by atoms with Crippen LogP contribution in [0, 0.1) is 23.7 Å². The summed E-state index contributed by atoms with van der Waals surface area (Å²) in [5, 5.41) is 10.3. The average molecular weight is 577 g/mol. The topological polar surface area (TPSA) is 113 Å². The standard InChI is InChI=1S/C28H30Cl2N2O7/c1-5-10-32-23(34)16-8-7-15-17(21(16)24(32)35)13-27(29)25(36)31(2)26(37)28(27,30)18(15)9-6-14-11-19(38-3)22(33)20(12-14)39-4/h6-7,9,11-12,16-18,21,33H,5,8,10,13H2,1-4H3/t16-,17+,18-,21-,27+,28-/m0/s1. The van der Waals surface area contributed by atoms with E-state index in [1.165, 1.54) is 26.2 Å². The number of aromatic hydroxyl groups is 1. The zero-order valence-electron chi connectivity index (χ0n) is 22.1. The molecule has 5 rings (SSSR count). The molecule has 0 unspecified atom stereocenters. The summed E-state index contributed by atoms with van der Waals surface area (Å²) in [6.07, 6.45) is 6.19. The number of carbonyl (C=O) groups is 4. The van der Waals surface area contributed by atoms with Crippen LogP contribution in [0.1, 0.15) is 31.7 Å². The van der Waals surface area contributed by atoms with Crippen LogP contribution in [-0.2, 0) is 19.2 Å². The van der Waals surface area contributed by atoms with E-state index < -0.39 is 45.2 Å². The monoisotopic (exact) mass is 576 g/mol. The molecular weight excluding hydrogens is 547 g/mol. The molecule has 9 nitrogen and oxygen atoms in total. The summed E-state index contributed by atoms with van der Waals surface area (Å²) < 4.78 is 10.5. The second-order valence-corrected chi connectivity index (χ2v) is 11.7. The highest BCUT2D eigenvalue weighted by molar-refractivity contribution is 6.53. The highest BCUT2D eigenvalue weighted by Crippen LogP contribution is 2.63. The minimum atomic E-state index is -1.84. The molecule has 0 radical (unpaired) electrons. The van der Waals surface area contributed by atoms with Crippen LogP contribution >= 0.6 is 23.2 Å². The molecule has 6 atom stereocenters. The third-order valence-electron chi connectivity index (χ3n) is 8.59. The second kappa shape index (κ2) is 9.55. The third kappa shape index (κ3) is 3.65. The number of carbonyl (C=O) groups excluding carboxylic acids is 4. The Bertz CT molecular complexity index is 1320. The van der Waals surface area contributed by atoms with Crippen LogP contribution in [0.5, 0.6) is 17.2 Å². The number of amides is 4. The van der Waals surface area contributed by atoms with Crippen molar-refractivity contribution in [3.8, 4) is 17.2 Å². The van der Waals surface area contributed by atoms with E-state index >= 15 is 0 Å². The molecule has 4 amide bonds. The van der Waals surface area contributed by atoms with Crippen LogP contribution in [0.2, 0.25) is 0 Å². The molecule has 2 aliphatic carbocycles. The van der Waals surface area contributed by atoms with Crippen molar-refractivity contribution < 1.29 is 33.8 Å². The maximum Gasteiger partial charge on any atom is 0.253 e. The third-order valence-corrected chi connectivity index (χ3v) is 10.0. The normalized spacial score (nSPS) is 33.8. The summed E-state index contributed by atoms with van der Waals surface area (Å²) in [6.45, 7) is 2.22. The van der Waals surface area contributed by atoms with Crippen molar-refractivity contribution in [1.29, 1.82) is 0 Å². The lowest BCUT2D eigenvalue weighted by molar-refractivity contribution is -0.141. The van der Waals surface area contributed by atoms with E-state index in [2.05, 4.69) is 0 Å². The van der Waals surface area contributed by atoms with Crippen molar-refractivity contribution >= 4 is 52.9 Å². The van der Waals surface area contributed by atoms with Crippen molar-refractivity contribution in [3.63, 3.8) is 0 Å². The molecule has 1 saturated carbocycles. The number of nitrogens with zero attached hydrogens (tertiary/aromatic N) is 2. The molecule has 4 aliphatic rings. The van der Waals surface area contributed by atoms with Gasteiger partial charge in [-0.05, 0) is 42.9 Å². The van der Waals surface area contributed by atoms with Crippen molar-refractivity contribution in [2.45, 2.75) is 35.9 Å². The molecule has 1 aromatic rings. The number of fused-ring (bicyclic) bond motifs is 4. The minimum Gasteiger partial charge on any atom is -0.502 e. The number of alkyl halides is 2. The smallest absolute Gasteiger partial charge is 0.253 e. The Morgan fingerprint density at radius 2 is 1.69 bits per heavy atom. The van der Waals surface area contributed by atoms with Gasteiger partial charge in [0.2, 0.25) is 17.6 Å². The first kappa shape index (κ1) is 27.5. The number of methoxy groups -OCH3 is 2. The second-order valence-electron chi connectivity index (χ2n) is 10.5. The predicted molar refractivity (Wildman–Crippen MR) is 143 cm³/mol. The number of halogens is 2. The molecule has 11 heteroatoms. The Morgan fingerprint density at radius 3 is 2.28 bits per heavy atom. The van der Waals surface area contributed by atoms with E-state index in [0.29, 0.717) is 30.5 Å². The number of ether oxygens (including phenoxy) is 2. The average Bonchev–Trinajstić information content (AvgIpc) is 3.24. The van der Waals surface area contributed by atoms with Gasteiger partial charge in [0, 0.05) is 19.5 Å². The van der Waals surface area contributed by atoms with Gasteiger partial charge in [0.05, 0.1) is 26.1 Å². The van der Waals surface area contributed by atoms with Crippen LogP contribution in [-0.4, -0.2) is 76.1 Å². The van der Waals surface area contributed by atoms with E-state index in [-0.39, 0.29) is 35.5 Å². The van der Waals surface area contributed by atoms with Crippen molar-refractivity contribution in [2.24, 2.45) is 23.7 Å². The van der Waals surface area contributed by atoms with Gasteiger partial charge in [-0.2, -0.15) is 0 Å². The molecule has 2 aliphatic heterocycles. The highest BCUT2D eigenvalue weighted by atomic mass is 35.5. The van der Waals surface area contributed by atoms with Crippen LogP contribution in [0.25, 0.3) is 6.08 Å². The Morgan fingerprint density at radius 1 is 1.05 bits per heavy atom. The first-order valence-corrected chi connectivity index (χ1v) is 13.6. The minimum absolute atomic E-state index is 0.0376. The summed E-state index contributed by atoms with van der Waals surface area (Å²) in [5.74, 6) is -4.16. The number of imide groups is 2. The largest absolute Gasteiger partial charge is 0.502 e. The van der Waals surface area contributed by atoms with E-state index in [1.54, 1.807) is 24.3 Å². The summed E-state index contributed by atoms with van der Waals surface area (Å²) in [5.41, 5.74) is 1.29. The van der Waals surface area contributed by atoms with Crippen molar-refractivity contribution in [3.05, 3.63) is 35.4 Å². The first-order valence-electron chi connectivity index (χ1n) is 12.8. The van der Waals surface area contributed by atoms with E-state index in [0.717, 1.165) is 4.90 Å². The first-order chi connectivity index (χ1) is 18.5. The van der Waals surface area contributed by atoms with Crippen LogP contribution in [0.3, 0.4) is 0 Å². The lowest BCUT2D eigenvalue weighted by Gasteiger charge is -2.49. The lowest BCUT2D eigenvalue weighted by Crippen LogP contribution is -2.60. The van der Waals surface area contributed by atoms with E-state index in [1.807, 2.05) is 13.0 Å². The fourth-order valence-corrected chi connectivity index (χ4v) is 7.69. The van der Waals surface area contributed by atoms with Gasteiger partial charge in [0.1, 0.15) is 0 Å². The Balaban J connectivity index is 1.64. The van der Waals surface area contributed by atoms with Crippen LogP contribution in [0.4, 0.5) is 0 Å².